The van der Waals surface area contributed by atoms with Crippen molar-refractivity contribution < 1.29 is 13.6 Å². The summed E-state index contributed by atoms with van der Waals surface area (Å²) < 4.78 is 25.5. The summed E-state index contributed by atoms with van der Waals surface area (Å²) in [5.41, 5.74) is 4.77. The maximum absolute atomic E-state index is 12.9. The van der Waals surface area contributed by atoms with Crippen molar-refractivity contribution in [1.29, 1.82) is 0 Å². The minimum atomic E-state index is -1.04. The van der Waals surface area contributed by atoms with Crippen molar-refractivity contribution in [3.8, 4) is 0 Å². The number of carbonyl (C=O) groups excluding carboxylic acids is 1. The minimum Gasteiger partial charge on any atom is -0.319 e. The minimum absolute atomic E-state index is 0.0979. The fraction of sp³-hybridized carbons (Fsp3) is 0.364. The van der Waals surface area contributed by atoms with E-state index in [0.717, 1.165) is 12.1 Å². The van der Waals surface area contributed by atoms with Gasteiger partial charge in [-0.2, -0.15) is 0 Å². The third-order valence-corrected chi connectivity index (χ3v) is 2.43. The van der Waals surface area contributed by atoms with Crippen LogP contribution in [0.5, 0.6) is 0 Å². The van der Waals surface area contributed by atoms with Crippen molar-refractivity contribution in [2.75, 3.05) is 0 Å². The van der Waals surface area contributed by atoms with Crippen molar-refractivity contribution in [3.05, 3.63) is 35.4 Å². The molecule has 0 radical (unpaired) electrons. The normalized spacial score (nSPS) is 14.7. The molecule has 0 aromatic heterocycles. The van der Waals surface area contributed by atoms with Crippen molar-refractivity contribution in [1.82, 2.24) is 0 Å². The van der Waals surface area contributed by atoms with Crippen LogP contribution in [0, 0.1) is 11.6 Å². The van der Waals surface area contributed by atoms with Crippen LogP contribution >= 0.6 is 0 Å². The van der Waals surface area contributed by atoms with Gasteiger partial charge in [0.25, 0.3) is 0 Å². The molecule has 1 unspecified atom stereocenters. The Balaban J connectivity index is 3.08. The summed E-state index contributed by atoms with van der Waals surface area (Å²) in [6, 6.07) is 3.04. The van der Waals surface area contributed by atoms with E-state index < -0.39 is 17.2 Å². The van der Waals surface area contributed by atoms with E-state index in [4.69, 9.17) is 5.73 Å². The Morgan fingerprint density at radius 1 is 1.40 bits per heavy atom. The molecule has 0 aliphatic rings. The van der Waals surface area contributed by atoms with E-state index >= 15 is 0 Å². The summed E-state index contributed by atoms with van der Waals surface area (Å²) in [6.07, 6.45) is 0.435. The van der Waals surface area contributed by atoms with Gasteiger partial charge in [0.15, 0.2) is 17.4 Å². The van der Waals surface area contributed by atoms with Crippen LogP contribution in [0.3, 0.4) is 0 Å². The highest BCUT2D eigenvalue weighted by molar-refractivity contribution is 6.02. The van der Waals surface area contributed by atoms with Crippen LogP contribution in [0.4, 0.5) is 8.78 Å². The molecule has 1 aromatic rings. The van der Waals surface area contributed by atoms with E-state index in [9.17, 15) is 13.6 Å². The molecule has 0 aliphatic heterocycles. The molecule has 0 saturated carbocycles. The van der Waals surface area contributed by atoms with Crippen LogP contribution < -0.4 is 5.73 Å². The van der Waals surface area contributed by atoms with Gasteiger partial charge in [-0.3, -0.25) is 4.79 Å². The highest BCUT2D eigenvalue weighted by atomic mass is 19.2. The molecule has 0 amide bonds. The molecule has 0 aliphatic carbocycles. The molecule has 1 atom stereocenters. The first kappa shape index (κ1) is 11.8. The van der Waals surface area contributed by atoms with E-state index in [2.05, 4.69) is 0 Å². The van der Waals surface area contributed by atoms with Gasteiger partial charge in [-0.05, 0) is 31.5 Å². The largest absolute Gasteiger partial charge is 0.319 e. The SMILES string of the molecule is CCC(C)(N)C(=O)c1ccc(F)c(F)c1. The molecular weight excluding hydrogens is 200 g/mol. The summed E-state index contributed by atoms with van der Waals surface area (Å²) in [6.45, 7) is 3.33. The number of benzene rings is 1. The summed E-state index contributed by atoms with van der Waals surface area (Å²) in [5.74, 6) is -2.39. The summed E-state index contributed by atoms with van der Waals surface area (Å²) in [7, 11) is 0. The van der Waals surface area contributed by atoms with Crippen LogP contribution in [-0.2, 0) is 0 Å². The zero-order valence-corrected chi connectivity index (χ0v) is 8.68. The van der Waals surface area contributed by atoms with Gasteiger partial charge in [-0.15, -0.1) is 0 Å². The van der Waals surface area contributed by atoms with Gasteiger partial charge in [-0.25, -0.2) is 8.78 Å². The lowest BCUT2D eigenvalue weighted by Crippen LogP contribution is -2.44. The number of carbonyl (C=O) groups is 1. The molecule has 1 rings (SSSR count). The topological polar surface area (TPSA) is 43.1 Å². The van der Waals surface area contributed by atoms with Crippen molar-refractivity contribution in [2.45, 2.75) is 25.8 Å². The summed E-state index contributed by atoms with van der Waals surface area (Å²) in [5, 5.41) is 0. The van der Waals surface area contributed by atoms with Crippen LogP contribution in [0.2, 0.25) is 0 Å². The number of hydrogen-bond acceptors (Lipinski definition) is 2. The smallest absolute Gasteiger partial charge is 0.182 e. The predicted octanol–water partition coefficient (Wildman–Crippen LogP) is 2.27. The predicted molar refractivity (Wildman–Crippen MR) is 53.6 cm³/mol. The van der Waals surface area contributed by atoms with E-state index in [1.54, 1.807) is 13.8 Å². The average molecular weight is 213 g/mol. The second-order valence-corrected chi connectivity index (χ2v) is 3.73. The Bertz CT molecular complexity index is 388. The van der Waals surface area contributed by atoms with E-state index in [0.29, 0.717) is 6.42 Å². The standard InChI is InChI=1S/C11H13F2NO/c1-3-11(2,14)10(15)7-4-5-8(12)9(13)6-7/h4-6H,3,14H2,1-2H3. The Hall–Kier alpha value is -1.29. The van der Waals surface area contributed by atoms with E-state index in [-0.39, 0.29) is 11.3 Å². The second-order valence-electron chi connectivity index (χ2n) is 3.73. The molecule has 1 aromatic carbocycles. The van der Waals surface area contributed by atoms with Gasteiger partial charge in [0.1, 0.15) is 0 Å². The molecule has 82 valence electrons. The van der Waals surface area contributed by atoms with Gasteiger partial charge >= 0.3 is 0 Å². The molecule has 0 heterocycles. The lowest BCUT2D eigenvalue weighted by molar-refractivity contribution is 0.0897. The van der Waals surface area contributed by atoms with Crippen molar-refractivity contribution in [2.24, 2.45) is 5.73 Å². The van der Waals surface area contributed by atoms with Crippen LogP contribution in [0.25, 0.3) is 0 Å². The zero-order chi connectivity index (χ0) is 11.6. The molecule has 0 saturated heterocycles. The third-order valence-electron chi connectivity index (χ3n) is 2.43. The first-order valence-electron chi connectivity index (χ1n) is 4.67. The van der Waals surface area contributed by atoms with Gasteiger partial charge in [0, 0.05) is 5.56 Å². The van der Waals surface area contributed by atoms with Crippen LogP contribution in [0.15, 0.2) is 18.2 Å². The first-order chi connectivity index (χ1) is 6.88. The molecule has 0 spiro atoms. The Kier molecular flexibility index (Phi) is 3.19. The molecule has 0 bridgehead atoms. The van der Waals surface area contributed by atoms with E-state index in [1.807, 2.05) is 0 Å². The number of ketones is 1. The number of hydrogen-bond donors (Lipinski definition) is 1. The lowest BCUT2D eigenvalue weighted by Gasteiger charge is -2.20. The Morgan fingerprint density at radius 2 is 2.00 bits per heavy atom. The second kappa shape index (κ2) is 4.06. The highest BCUT2D eigenvalue weighted by Crippen LogP contribution is 2.16. The van der Waals surface area contributed by atoms with Crippen LogP contribution in [0.1, 0.15) is 30.6 Å². The van der Waals surface area contributed by atoms with E-state index in [1.165, 1.54) is 6.07 Å². The molecule has 2 N–H and O–H groups in total. The average Bonchev–Trinajstić information content (AvgIpc) is 2.21. The number of halogens is 2. The number of rotatable bonds is 3. The molecule has 2 nitrogen and oxygen atoms in total. The molecule has 4 heteroatoms. The first-order valence-corrected chi connectivity index (χ1v) is 4.67. The van der Waals surface area contributed by atoms with Crippen LogP contribution in [-0.4, -0.2) is 11.3 Å². The molecule has 0 fully saturated rings. The van der Waals surface area contributed by atoms with Crippen molar-refractivity contribution in [3.63, 3.8) is 0 Å². The summed E-state index contributed by atoms with van der Waals surface area (Å²) >= 11 is 0. The molecule has 15 heavy (non-hydrogen) atoms. The highest BCUT2D eigenvalue weighted by Gasteiger charge is 2.27. The van der Waals surface area contributed by atoms with Gasteiger partial charge in [0.05, 0.1) is 5.54 Å². The monoisotopic (exact) mass is 213 g/mol. The fourth-order valence-electron chi connectivity index (χ4n) is 1.13. The maximum atomic E-state index is 12.9. The lowest BCUT2D eigenvalue weighted by atomic mass is 9.90. The third kappa shape index (κ3) is 2.39. The Morgan fingerprint density at radius 3 is 2.47 bits per heavy atom. The quantitative estimate of drug-likeness (QED) is 0.783. The number of Topliss-reactive ketones (excluding diaryl/α,β-unsaturated/α-hetero) is 1. The number of nitrogens with two attached hydrogens (primary N) is 1. The maximum Gasteiger partial charge on any atom is 0.182 e. The van der Waals surface area contributed by atoms with Gasteiger partial charge in [-0.1, -0.05) is 6.92 Å². The Labute approximate surface area is 87.1 Å². The summed E-state index contributed by atoms with van der Waals surface area (Å²) in [4.78, 5) is 11.7. The zero-order valence-electron chi connectivity index (χ0n) is 8.68. The van der Waals surface area contributed by atoms with Gasteiger partial charge < -0.3 is 5.73 Å². The fourth-order valence-corrected chi connectivity index (χ4v) is 1.13. The van der Waals surface area contributed by atoms with Gasteiger partial charge in [0.2, 0.25) is 0 Å². The molecular formula is C11H13F2NO. The van der Waals surface area contributed by atoms with Crippen molar-refractivity contribution >= 4 is 5.78 Å².